The van der Waals surface area contributed by atoms with Crippen LogP contribution >= 0.6 is 15.9 Å². The van der Waals surface area contributed by atoms with Crippen LogP contribution in [0.1, 0.15) is 16.1 Å². The average molecular weight is 374 g/mol. The van der Waals surface area contributed by atoms with Gasteiger partial charge in [-0.25, -0.2) is 0 Å². The van der Waals surface area contributed by atoms with Gasteiger partial charge in [-0.2, -0.15) is 0 Å². The van der Waals surface area contributed by atoms with Crippen molar-refractivity contribution >= 4 is 32.8 Å². The lowest BCUT2D eigenvalue weighted by Crippen LogP contribution is -2.22. The van der Waals surface area contributed by atoms with Crippen molar-refractivity contribution in [3.05, 3.63) is 58.3 Å². The van der Waals surface area contributed by atoms with Gasteiger partial charge in [-0.3, -0.25) is 4.79 Å². The second kappa shape index (κ2) is 5.62. The fourth-order valence-electron chi connectivity index (χ4n) is 2.44. The second-order valence-corrected chi connectivity index (χ2v) is 6.08. The molecule has 2 aromatic carbocycles. The van der Waals surface area contributed by atoms with E-state index in [1.54, 1.807) is 6.07 Å². The maximum atomic E-state index is 12.2. The molecule has 1 N–H and O–H groups in total. The number of carbonyl (C=O) groups is 1. The van der Waals surface area contributed by atoms with E-state index in [1.165, 1.54) is 0 Å². The van der Waals surface area contributed by atoms with Crippen molar-refractivity contribution < 1.29 is 18.7 Å². The van der Waals surface area contributed by atoms with Gasteiger partial charge in [-0.05, 0) is 42.0 Å². The highest BCUT2D eigenvalue weighted by Crippen LogP contribution is 2.32. The van der Waals surface area contributed by atoms with Gasteiger partial charge in [-0.1, -0.05) is 22.0 Å². The summed E-state index contributed by atoms with van der Waals surface area (Å²) >= 11 is 3.38. The second-order valence-electron chi connectivity index (χ2n) is 5.16. The molecule has 0 saturated carbocycles. The third-order valence-corrected chi connectivity index (χ3v) is 4.09. The molecule has 0 spiro atoms. The first-order chi connectivity index (χ1) is 11.2. The van der Waals surface area contributed by atoms with Crippen LogP contribution in [-0.2, 0) is 6.54 Å². The number of hydrogen-bond donors (Lipinski definition) is 1. The molecule has 6 heteroatoms. The van der Waals surface area contributed by atoms with Crippen molar-refractivity contribution in [2.75, 3.05) is 6.79 Å². The Hall–Kier alpha value is -2.47. The summed E-state index contributed by atoms with van der Waals surface area (Å²) in [5.41, 5.74) is 1.61. The fourth-order valence-corrected chi connectivity index (χ4v) is 2.78. The molecule has 0 saturated heterocycles. The molecule has 0 atom stereocenters. The first-order valence-corrected chi connectivity index (χ1v) is 7.84. The lowest BCUT2D eigenvalue weighted by molar-refractivity contribution is 0.0925. The molecule has 116 valence electrons. The van der Waals surface area contributed by atoms with Gasteiger partial charge in [0.15, 0.2) is 17.3 Å². The van der Waals surface area contributed by atoms with Crippen molar-refractivity contribution in [2.45, 2.75) is 6.54 Å². The summed E-state index contributed by atoms with van der Waals surface area (Å²) in [5.74, 6) is 1.46. The number of carbonyl (C=O) groups excluding carboxylic acids is 1. The topological polar surface area (TPSA) is 60.7 Å². The lowest BCUT2D eigenvalue weighted by Gasteiger charge is -2.04. The molecule has 1 aliphatic rings. The normalized spacial score (nSPS) is 12.6. The molecule has 3 aromatic rings. The Labute approximate surface area is 140 Å². The Kier molecular flexibility index (Phi) is 3.46. The monoisotopic (exact) mass is 373 g/mol. The van der Waals surface area contributed by atoms with Crippen LogP contribution in [0.15, 0.2) is 51.4 Å². The Balaban J connectivity index is 1.48. The van der Waals surface area contributed by atoms with Crippen LogP contribution in [0.4, 0.5) is 0 Å². The van der Waals surface area contributed by atoms with Crippen LogP contribution in [0.3, 0.4) is 0 Å². The van der Waals surface area contributed by atoms with Crippen LogP contribution in [0.25, 0.3) is 11.0 Å². The zero-order valence-electron chi connectivity index (χ0n) is 12.0. The van der Waals surface area contributed by atoms with E-state index in [0.29, 0.717) is 23.6 Å². The molecule has 23 heavy (non-hydrogen) atoms. The van der Waals surface area contributed by atoms with E-state index in [4.69, 9.17) is 13.9 Å². The molecular weight excluding hydrogens is 362 g/mol. The van der Waals surface area contributed by atoms with Gasteiger partial charge in [0.2, 0.25) is 6.79 Å². The van der Waals surface area contributed by atoms with Gasteiger partial charge in [0.05, 0.1) is 0 Å². The summed E-state index contributed by atoms with van der Waals surface area (Å²) in [5, 5.41) is 3.73. The number of ether oxygens (including phenoxy) is 2. The first kappa shape index (κ1) is 14.1. The van der Waals surface area contributed by atoms with E-state index in [2.05, 4.69) is 21.2 Å². The zero-order valence-corrected chi connectivity index (χ0v) is 13.6. The zero-order chi connectivity index (χ0) is 15.8. The third-order valence-electron chi connectivity index (χ3n) is 3.60. The van der Waals surface area contributed by atoms with Crippen LogP contribution in [0, 0.1) is 0 Å². The molecule has 0 unspecified atom stereocenters. The van der Waals surface area contributed by atoms with Gasteiger partial charge in [0, 0.05) is 16.4 Å². The highest BCUT2D eigenvalue weighted by Gasteiger charge is 2.15. The molecular formula is C17H12BrNO4. The molecule has 0 bridgehead atoms. The number of amides is 1. The molecule has 4 rings (SSSR count). The molecule has 0 fully saturated rings. The molecule has 1 aliphatic heterocycles. The number of halogens is 1. The van der Waals surface area contributed by atoms with E-state index in [1.807, 2.05) is 36.4 Å². The van der Waals surface area contributed by atoms with E-state index >= 15 is 0 Å². The predicted molar refractivity (Wildman–Crippen MR) is 87.6 cm³/mol. The Bertz CT molecular complexity index is 903. The van der Waals surface area contributed by atoms with Gasteiger partial charge in [-0.15, -0.1) is 0 Å². The Morgan fingerprint density at radius 1 is 1.09 bits per heavy atom. The SMILES string of the molecule is O=C(NCc1ccc2c(c1)OCO2)c1cc2ccc(Br)cc2o1. The maximum absolute atomic E-state index is 12.2. The third kappa shape index (κ3) is 2.77. The van der Waals surface area contributed by atoms with Crippen molar-refractivity contribution in [1.82, 2.24) is 5.32 Å². The largest absolute Gasteiger partial charge is 0.454 e. The average Bonchev–Trinajstić information content (AvgIpc) is 3.17. The first-order valence-electron chi connectivity index (χ1n) is 7.05. The van der Waals surface area contributed by atoms with Crippen molar-refractivity contribution in [1.29, 1.82) is 0 Å². The molecule has 1 aromatic heterocycles. The summed E-state index contributed by atoms with van der Waals surface area (Å²) in [6.07, 6.45) is 0. The Morgan fingerprint density at radius 3 is 2.87 bits per heavy atom. The van der Waals surface area contributed by atoms with Crippen LogP contribution < -0.4 is 14.8 Å². The highest BCUT2D eigenvalue weighted by atomic mass is 79.9. The number of benzene rings is 2. The van der Waals surface area contributed by atoms with Crippen LogP contribution in [-0.4, -0.2) is 12.7 Å². The number of hydrogen-bond acceptors (Lipinski definition) is 4. The summed E-state index contributed by atoms with van der Waals surface area (Å²) in [6.45, 7) is 0.621. The van der Waals surface area contributed by atoms with Gasteiger partial charge in [0.25, 0.3) is 5.91 Å². The van der Waals surface area contributed by atoms with E-state index in [9.17, 15) is 4.79 Å². The highest BCUT2D eigenvalue weighted by molar-refractivity contribution is 9.10. The lowest BCUT2D eigenvalue weighted by atomic mass is 10.2. The standard InChI is InChI=1S/C17H12BrNO4/c18-12-3-2-11-6-16(23-14(11)7-12)17(20)19-8-10-1-4-13-15(5-10)22-9-21-13/h1-7H,8-9H2,(H,19,20). The van der Waals surface area contributed by atoms with Crippen molar-refractivity contribution in [2.24, 2.45) is 0 Å². The van der Waals surface area contributed by atoms with Crippen LogP contribution in [0.5, 0.6) is 11.5 Å². The summed E-state index contributed by atoms with van der Waals surface area (Å²) in [7, 11) is 0. The minimum atomic E-state index is -0.255. The van der Waals surface area contributed by atoms with E-state index in [0.717, 1.165) is 21.2 Å². The van der Waals surface area contributed by atoms with E-state index in [-0.39, 0.29) is 12.7 Å². The quantitative estimate of drug-likeness (QED) is 0.757. The Morgan fingerprint density at radius 2 is 1.96 bits per heavy atom. The van der Waals surface area contributed by atoms with Crippen LogP contribution in [0.2, 0.25) is 0 Å². The fraction of sp³-hybridized carbons (Fsp3) is 0.118. The molecule has 0 aliphatic carbocycles. The van der Waals surface area contributed by atoms with Crippen molar-refractivity contribution in [3.63, 3.8) is 0 Å². The van der Waals surface area contributed by atoms with E-state index < -0.39 is 0 Å². The maximum Gasteiger partial charge on any atom is 0.287 e. The van der Waals surface area contributed by atoms with Gasteiger partial charge >= 0.3 is 0 Å². The van der Waals surface area contributed by atoms with Crippen molar-refractivity contribution in [3.8, 4) is 11.5 Å². The predicted octanol–water partition coefficient (Wildman–Crippen LogP) is 3.85. The summed E-state index contributed by atoms with van der Waals surface area (Å²) in [6, 6.07) is 13.0. The number of fused-ring (bicyclic) bond motifs is 2. The minimum absolute atomic E-state index is 0.236. The number of furan rings is 1. The molecule has 5 nitrogen and oxygen atoms in total. The smallest absolute Gasteiger partial charge is 0.287 e. The van der Waals surface area contributed by atoms with Gasteiger partial charge in [0.1, 0.15) is 5.58 Å². The summed E-state index contributed by atoms with van der Waals surface area (Å²) < 4.78 is 17.1. The number of rotatable bonds is 3. The summed E-state index contributed by atoms with van der Waals surface area (Å²) in [4.78, 5) is 12.2. The molecule has 1 amide bonds. The molecule has 0 radical (unpaired) electrons. The number of nitrogens with one attached hydrogen (secondary N) is 1. The molecule has 2 heterocycles. The van der Waals surface area contributed by atoms with Gasteiger partial charge < -0.3 is 19.2 Å². The minimum Gasteiger partial charge on any atom is -0.454 e.